The molecule has 0 radical (unpaired) electrons. The van der Waals surface area contributed by atoms with Gasteiger partial charge in [0.1, 0.15) is 10.9 Å². The van der Waals surface area contributed by atoms with E-state index in [0.717, 1.165) is 33.8 Å². The monoisotopic (exact) mass is 344 g/mol. The molecule has 5 heteroatoms. The van der Waals surface area contributed by atoms with E-state index >= 15 is 0 Å². The molecule has 0 aliphatic heterocycles. The minimum Gasteiger partial charge on any atom is -0.496 e. The van der Waals surface area contributed by atoms with Crippen molar-refractivity contribution in [2.45, 2.75) is 18.3 Å². The number of methoxy groups -OCH3 is 1. The molecular weight excluding hydrogens is 331 g/mol. The lowest BCUT2D eigenvalue weighted by molar-refractivity contribution is 0.418. The van der Waals surface area contributed by atoms with Crippen molar-refractivity contribution >= 4 is 34.1 Å². The molecule has 0 N–H and O–H groups in total. The van der Waals surface area contributed by atoms with Crippen molar-refractivity contribution in [2.75, 3.05) is 7.11 Å². The fraction of sp³-hybridized carbons (Fsp3) is 0.222. The summed E-state index contributed by atoms with van der Waals surface area (Å²) in [6, 6.07) is 11.8. The lowest BCUT2D eigenvalue weighted by Gasteiger charge is -2.09. The smallest absolute Gasteiger partial charge is 0.131 e. The average Bonchev–Trinajstić information content (AvgIpc) is 3.34. The molecule has 0 amide bonds. The highest BCUT2D eigenvalue weighted by Crippen LogP contribution is 2.55. The van der Waals surface area contributed by atoms with E-state index in [9.17, 15) is 0 Å². The number of benzene rings is 1. The lowest BCUT2D eigenvalue weighted by Crippen LogP contribution is -1.95. The molecule has 0 bridgehead atoms. The van der Waals surface area contributed by atoms with Gasteiger partial charge in [0, 0.05) is 35.0 Å². The van der Waals surface area contributed by atoms with Crippen molar-refractivity contribution in [3.63, 3.8) is 0 Å². The molecule has 2 atom stereocenters. The minimum atomic E-state index is 0.388. The van der Waals surface area contributed by atoms with E-state index in [0.29, 0.717) is 17.0 Å². The first-order chi connectivity index (χ1) is 11.2. The van der Waals surface area contributed by atoms with E-state index < -0.39 is 0 Å². The molecule has 1 aliphatic rings. The van der Waals surface area contributed by atoms with Gasteiger partial charge < -0.3 is 4.74 Å². The summed E-state index contributed by atoms with van der Waals surface area (Å²) >= 11 is 12.1. The zero-order valence-electron chi connectivity index (χ0n) is 12.5. The number of rotatable bonds is 3. The quantitative estimate of drug-likeness (QED) is 0.611. The highest BCUT2D eigenvalue weighted by atomic mass is 35.5. The van der Waals surface area contributed by atoms with Crippen LogP contribution in [-0.4, -0.2) is 17.1 Å². The molecule has 3 nitrogen and oxygen atoms in total. The third-order valence-corrected chi connectivity index (χ3v) is 4.75. The molecule has 116 valence electrons. The standard InChI is InChI=1S/C18H14Cl2N2O/c1-23-17-7-15(22-16-8-18(20)21-9-14(16)17)13-6-12(13)10-3-2-4-11(19)5-10/h2-5,7-9,12-13H,6H2,1H3/t12-,13+/m0/s1. The summed E-state index contributed by atoms with van der Waals surface area (Å²) in [6.07, 6.45) is 2.77. The summed E-state index contributed by atoms with van der Waals surface area (Å²) in [6.45, 7) is 0. The van der Waals surface area contributed by atoms with E-state index in [-0.39, 0.29) is 0 Å². The molecule has 1 aliphatic carbocycles. The predicted molar refractivity (Wildman–Crippen MR) is 92.7 cm³/mol. The average molecular weight is 345 g/mol. The Morgan fingerprint density at radius 3 is 2.78 bits per heavy atom. The van der Waals surface area contributed by atoms with Crippen LogP contribution in [0.3, 0.4) is 0 Å². The fourth-order valence-electron chi connectivity index (χ4n) is 3.07. The number of fused-ring (bicyclic) bond motifs is 1. The number of halogens is 2. The van der Waals surface area contributed by atoms with Crippen molar-refractivity contribution in [1.29, 1.82) is 0 Å². The molecule has 1 saturated carbocycles. The Balaban J connectivity index is 1.73. The molecule has 0 spiro atoms. The molecule has 23 heavy (non-hydrogen) atoms. The first kappa shape index (κ1) is 14.7. The second-order valence-corrected chi connectivity index (χ2v) is 6.60. The SMILES string of the molecule is COc1cc([C@@H]2C[C@H]2c2cccc(Cl)c2)nc2cc(Cl)ncc12. The van der Waals surface area contributed by atoms with E-state index in [1.54, 1.807) is 19.4 Å². The van der Waals surface area contributed by atoms with Crippen LogP contribution >= 0.6 is 23.2 Å². The van der Waals surface area contributed by atoms with E-state index in [2.05, 4.69) is 11.1 Å². The maximum absolute atomic E-state index is 6.10. The summed E-state index contributed by atoms with van der Waals surface area (Å²) in [5.74, 6) is 1.63. The first-order valence-electron chi connectivity index (χ1n) is 7.41. The van der Waals surface area contributed by atoms with Gasteiger partial charge in [-0.25, -0.2) is 4.98 Å². The topological polar surface area (TPSA) is 35.0 Å². The van der Waals surface area contributed by atoms with Crippen LogP contribution in [0.1, 0.15) is 29.5 Å². The van der Waals surface area contributed by atoms with Gasteiger partial charge in [0.25, 0.3) is 0 Å². The third-order valence-electron chi connectivity index (χ3n) is 4.31. The maximum atomic E-state index is 6.10. The third kappa shape index (κ3) is 2.75. The minimum absolute atomic E-state index is 0.388. The van der Waals surface area contributed by atoms with Gasteiger partial charge in [-0.1, -0.05) is 35.3 Å². The highest BCUT2D eigenvalue weighted by molar-refractivity contribution is 6.30. The number of pyridine rings is 2. The van der Waals surface area contributed by atoms with Crippen LogP contribution in [-0.2, 0) is 0 Å². The highest BCUT2D eigenvalue weighted by Gasteiger charge is 2.41. The molecule has 2 heterocycles. The number of hydrogen-bond acceptors (Lipinski definition) is 3. The molecule has 0 unspecified atom stereocenters. The van der Waals surface area contributed by atoms with Gasteiger partial charge in [0.05, 0.1) is 18.0 Å². The molecule has 2 aromatic heterocycles. The second-order valence-electron chi connectivity index (χ2n) is 5.78. The van der Waals surface area contributed by atoms with E-state index in [1.165, 1.54) is 5.56 Å². The van der Waals surface area contributed by atoms with Crippen LogP contribution < -0.4 is 4.74 Å². The van der Waals surface area contributed by atoms with Crippen LogP contribution in [0.25, 0.3) is 10.9 Å². The second kappa shape index (κ2) is 5.66. The van der Waals surface area contributed by atoms with Gasteiger partial charge in [-0.15, -0.1) is 0 Å². The summed E-state index contributed by atoms with van der Waals surface area (Å²) < 4.78 is 5.50. The van der Waals surface area contributed by atoms with Crippen molar-refractivity contribution in [2.24, 2.45) is 0 Å². The normalized spacial score (nSPS) is 19.8. The molecule has 1 fully saturated rings. The largest absolute Gasteiger partial charge is 0.496 e. The molecule has 1 aromatic carbocycles. The summed E-state index contributed by atoms with van der Waals surface area (Å²) in [5, 5.41) is 2.09. The van der Waals surface area contributed by atoms with Gasteiger partial charge in [0.15, 0.2) is 0 Å². The zero-order chi connectivity index (χ0) is 16.0. The van der Waals surface area contributed by atoms with Crippen molar-refractivity contribution in [3.05, 3.63) is 64.0 Å². The summed E-state index contributed by atoms with van der Waals surface area (Å²) in [5.41, 5.74) is 3.11. The fourth-order valence-corrected chi connectivity index (χ4v) is 3.42. The molecule has 3 aromatic rings. The zero-order valence-corrected chi connectivity index (χ0v) is 14.0. The Morgan fingerprint density at radius 2 is 2.00 bits per heavy atom. The van der Waals surface area contributed by atoms with Crippen molar-refractivity contribution in [3.8, 4) is 5.75 Å². The Morgan fingerprint density at radius 1 is 1.13 bits per heavy atom. The van der Waals surface area contributed by atoms with Crippen LogP contribution in [0.5, 0.6) is 5.75 Å². The number of aromatic nitrogens is 2. The number of hydrogen-bond donors (Lipinski definition) is 0. The van der Waals surface area contributed by atoms with Gasteiger partial charge in [-0.3, -0.25) is 4.98 Å². The predicted octanol–water partition coefficient (Wildman–Crippen LogP) is 5.22. The maximum Gasteiger partial charge on any atom is 0.131 e. The number of ether oxygens (including phenoxy) is 1. The first-order valence-corrected chi connectivity index (χ1v) is 8.17. The Labute approximate surface area is 144 Å². The summed E-state index contributed by atoms with van der Waals surface area (Å²) in [4.78, 5) is 8.88. The van der Waals surface area contributed by atoms with E-state index in [4.69, 9.17) is 32.9 Å². The number of nitrogens with zero attached hydrogens (tertiary/aromatic N) is 2. The van der Waals surface area contributed by atoms with Crippen molar-refractivity contribution < 1.29 is 4.74 Å². The van der Waals surface area contributed by atoms with Crippen LogP contribution in [0, 0.1) is 0 Å². The van der Waals surface area contributed by atoms with Gasteiger partial charge in [0.2, 0.25) is 0 Å². The summed E-state index contributed by atoms with van der Waals surface area (Å²) in [7, 11) is 1.66. The van der Waals surface area contributed by atoms with Crippen LogP contribution in [0.15, 0.2) is 42.6 Å². The Bertz CT molecular complexity index is 897. The molecule has 0 saturated heterocycles. The van der Waals surface area contributed by atoms with Crippen LogP contribution in [0.2, 0.25) is 10.2 Å². The molecular formula is C18H14Cl2N2O. The Kier molecular flexibility index (Phi) is 3.63. The van der Waals surface area contributed by atoms with E-state index in [1.807, 2.05) is 24.3 Å². The Hall–Kier alpha value is -1.84. The lowest BCUT2D eigenvalue weighted by atomic mass is 10.1. The van der Waals surface area contributed by atoms with Gasteiger partial charge in [-0.05, 0) is 30.0 Å². The van der Waals surface area contributed by atoms with Crippen LogP contribution in [0.4, 0.5) is 0 Å². The van der Waals surface area contributed by atoms with Gasteiger partial charge in [-0.2, -0.15) is 0 Å². The van der Waals surface area contributed by atoms with Crippen molar-refractivity contribution in [1.82, 2.24) is 9.97 Å². The molecule has 4 rings (SSSR count). The van der Waals surface area contributed by atoms with Gasteiger partial charge >= 0.3 is 0 Å².